The lowest BCUT2D eigenvalue weighted by atomic mass is 9.96. The van der Waals surface area contributed by atoms with Crippen LogP contribution in [0.15, 0.2) is 9.64 Å². The third-order valence-corrected chi connectivity index (χ3v) is 7.86. The monoisotopic (exact) mass is 492 g/mol. The van der Waals surface area contributed by atoms with E-state index in [1.165, 1.54) is 4.90 Å². The number of carbonyl (C=O) groups excluding carboxylic acids is 4. The van der Waals surface area contributed by atoms with Crippen LogP contribution < -0.4 is 5.32 Å². The largest absolute Gasteiger partial charge is 0.408 e. The highest BCUT2D eigenvalue weighted by Gasteiger charge is 2.50. The Hall–Kier alpha value is -2.23. The fourth-order valence-corrected chi connectivity index (χ4v) is 5.41. The van der Waals surface area contributed by atoms with Crippen LogP contribution in [0.5, 0.6) is 0 Å². The number of thioether (sulfide) groups is 1. The van der Waals surface area contributed by atoms with Crippen molar-refractivity contribution in [3.63, 3.8) is 0 Å². The van der Waals surface area contributed by atoms with Crippen molar-refractivity contribution in [3.05, 3.63) is 5.89 Å². The first-order chi connectivity index (χ1) is 16.0. The Morgan fingerprint density at radius 2 is 1.79 bits per heavy atom. The van der Waals surface area contributed by atoms with Crippen molar-refractivity contribution in [2.45, 2.75) is 89.4 Å². The molecule has 10 heteroatoms. The Labute approximate surface area is 205 Å². The van der Waals surface area contributed by atoms with Crippen LogP contribution in [-0.4, -0.2) is 62.9 Å². The van der Waals surface area contributed by atoms with Crippen molar-refractivity contribution in [1.82, 2.24) is 20.4 Å². The number of amides is 2. The Morgan fingerprint density at radius 3 is 2.35 bits per heavy atom. The topological polar surface area (TPSA) is 122 Å². The molecule has 1 aromatic heterocycles. The van der Waals surface area contributed by atoms with Gasteiger partial charge in [0.05, 0.1) is 11.6 Å². The maximum atomic E-state index is 13.1. The van der Waals surface area contributed by atoms with E-state index in [1.807, 2.05) is 13.8 Å². The number of likely N-dealkylation sites (tertiary alicyclic amines) is 1. The van der Waals surface area contributed by atoms with E-state index in [9.17, 15) is 19.2 Å². The minimum Gasteiger partial charge on any atom is -0.408 e. The number of rotatable bonds is 9. The molecule has 1 saturated heterocycles. The summed E-state index contributed by atoms with van der Waals surface area (Å²) in [6.07, 6.45) is 6.52. The second kappa shape index (κ2) is 11.0. The summed E-state index contributed by atoms with van der Waals surface area (Å²) in [4.78, 5) is 52.5. The van der Waals surface area contributed by atoms with Crippen LogP contribution >= 0.6 is 11.8 Å². The molecule has 2 aliphatic rings. The van der Waals surface area contributed by atoms with Crippen LogP contribution in [0.2, 0.25) is 0 Å². The lowest BCUT2D eigenvalue weighted by molar-refractivity contribution is -0.131. The standard InChI is InChI=1S/C24H36N4O5S/c1-14(2)12-17(25-20(31)15-10-8-6-7-9-11-15)18(29)21-26-27-23(33-21)34-13-16-19(30)24(3,4)28(5)22(16)32/h14-17H,6-13H2,1-5H3,(H,25,31)/t16?,17-/m0/s1. The molecule has 3 rings (SSSR count). The molecule has 34 heavy (non-hydrogen) atoms. The zero-order chi connectivity index (χ0) is 25.0. The maximum absolute atomic E-state index is 13.1. The zero-order valence-corrected chi connectivity index (χ0v) is 21.6. The summed E-state index contributed by atoms with van der Waals surface area (Å²) in [5, 5.41) is 10.9. The first kappa shape index (κ1) is 26.4. The van der Waals surface area contributed by atoms with Gasteiger partial charge >= 0.3 is 0 Å². The fraction of sp³-hybridized carbons (Fsp3) is 0.750. The summed E-state index contributed by atoms with van der Waals surface area (Å²) in [6, 6.07) is -0.735. The van der Waals surface area contributed by atoms with Crippen molar-refractivity contribution < 1.29 is 23.6 Å². The van der Waals surface area contributed by atoms with E-state index < -0.39 is 23.3 Å². The van der Waals surface area contributed by atoms with Gasteiger partial charge in [-0.05, 0) is 39.0 Å². The number of hydrogen-bond acceptors (Lipinski definition) is 8. The van der Waals surface area contributed by atoms with Crippen molar-refractivity contribution in [2.75, 3.05) is 12.8 Å². The number of Topliss-reactive ketones (excluding diaryl/α,β-unsaturated/α-hetero) is 2. The Kier molecular flexibility index (Phi) is 8.54. The van der Waals surface area contributed by atoms with Crippen LogP contribution in [0.1, 0.15) is 83.3 Å². The molecule has 2 fully saturated rings. The summed E-state index contributed by atoms with van der Waals surface area (Å²) in [5.41, 5.74) is -0.849. The number of aromatic nitrogens is 2. The zero-order valence-electron chi connectivity index (χ0n) is 20.8. The molecule has 1 N–H and O–H groups in total. The first-order valence-electron chi connectivity index (χ1n) is 12.1. The third-order valence-electron chi connectivity index (χ3n) is 6.94. The van der Waals surface area contributed by atoms with E-state index >= 15 is 0 Å². The van der Waals surface area contributed by atoms with Gasteiger partial charge in [0.25, 0.3) is 11.1 Å². The highest BCUT2D eigenvalue weighted by Crippen LogP contribution is 2.32. The molecular weight excluding hydrogens is 456 g/mol. The van der Waals surface area contributed by atoms with E-state index in [0.29, 0.717) is 6.42 Å². The highest BCUT2D eigenvalue weighted by molar-refractivity contribution is 7.99. The quantitative estimate of drug-likeness (QED) is 0.241. The van der Waals surface area contributed by atoms with Crippen LogP contribution in [-0.2, 0) is 14.4 Å². The van der Waals surface area contributed by atoms with Gasteiger partial charge in [0, 0.05) is 18.7 Å². The van der Waals surface area contributed by atoms with Crippen LogP contribution in [0.4, 0.5) is 0 Å². The summed E-state index contributed by atoms with van der Waals surface area (Å²) >= 11 is 1.08. The molecule has 0 bridgehead atoms. The molecule has 9 nitrogen and oxygen atoms in total. The highest BCUT2D eigenvalue weighted by atomic mass is 32.2. The summed E-state index contributed by atoms with van der Waals surface area (Å²) in [7, 11) is 1.62. The Balaban J connectivity index is 1.64. The molecular formula is C24H36N4O5S. The second-order valence-corrected chi connectivity index (χ2v) is 11.3. The van der Waals surface area contributed by atoms with Crippen LogP contribution in [0.3, 0.4) is 0 Å². The predicted octanol–water partition coefficient (Wildman–Crippen LogP) is 3.28. The molecule has 0 spiro atoms. The fourth-order valence-electron chi connectivity index (χ4n) is 4.57. The van der Waals surface area contributed by atoms with Gasteiger partial charge in [-0.2, -0.15) is 0 Å². The smallest absolute Gasteiger partial charge is 0.286 e. The van der Waals surface area contributed by atoms with Crippen LogP contribution in [0, 0.1) is 17.8 Å². The van der Waals surface area contributed by atoms with Gasteiger partial charge in [-0.3, -0.25) is 19.2 Å². The van der Waals surface area contributed by atoms with E-state index in [-0.39, 0.29) is 46.3 Å². The van der Waals surface area contributed by atoms with Crippen molar-refractivity contribution >= 4 is 35.1 Å². The van der Waals surface area contributed by atoms with Gasteiger partial charge in [-0.25, -0.2) is 0 Å². The molecule has 2 atom stereocenters. The van der Waals surface area contributed by atoms with Gasteiger partial charge < -0.3 is 14.6 Å². The molecule has 188 valence electrons. The number of carbonyl (C=O) groups is 4. The van der Waals surface area contributed by atoms with Gasteiger partial charge in [-0.15, -0.1) is 10.2 Å². The van der Waals surface area contributed by atoms with Gasteiger partial charge in [0.2, 0.25) is 17.6 Å². The third kappa shape index (κ3) is 5.87. The van der Waals surface area contributed by atoms with Crippen LogP contribution in [0.25, 0.3) is 0 Å². The number of hydrogen-bond donors (Lipinski definition) is 1. The summed E-state index contributed by atoms with van der Waals surface area (Å²) < 4.78 is 5.57. The first-order valence-corrected chi connectivity index (χ1v) is 13.1. The molecule has 0 radical (unpaired) electrons. The van der Waals surface area contributed by atoms with Gasteiger partial charge in [0.15, 0.2) is 5.78 Å². The normalized spacial score (nSPS) is 22.2. The second-order valence-electron chi connectivity index (χ2n) is 10.3. The lowest BCUT2D eigenvalue weighted by Gasteiger charge is -2.25. The average molecular weight is 493 g/mol. The summed E-state index contributed by atoms with van der Waals surface area (Å²) in [5.74, 6) is -1.57. The Morgan fingerprint density at radius 1 is 1.15 bits per heavy atom. The molecule has 1 aliphatic carbocycles. The average Bonchev–Trinajstić information content (AvgIpc) is 3.15. The minimum atomic E-state index is -0.849. The molecule has 0 aromatic carbocycles. The van der Waals surface area contributed by atoms with E-state index in [0.717, 1.165) is 50.3 Å². The Bertz CT molecular complexity index is 920. The number of ketones is 2. The van der Waals surface area contributed by atoms with E-state index in [4.69, 9.17) is 4.42 Å². The molecule has 2 amide bonds. The van der Waals surface area contributed by atoms with Crippen molar-refractivity contribution in [2.24, 2.45) is 17.8 Å². The number of nitrogens with one attached hydrogen (secondary N) is 1. The van der Waals surface area contributed by atoms with E-state index in [1.54, 1.807) is 20.9 Å². The molecule has 1 aromatic rings. The van der Waals surface area contributed by atoms with Gasteiger partial charge in [0.1, 0.15) is 5.92 Å². The number of nitrogens with zero attached hydrogens (tertiary/aromatic N) is 3. The van der Waals surface area contributed by atoms with E-state index in [2.05, 4.69) is 15.5 Å². The number of likely N-dealkylation sites (N-methyl/N-ethyl adjacent to an activating group) is 1. The van der Waals surface area contributed by atoms with Crippen molar-refractivity contribution in [1.29, 1.82) is 0 Å². The molecule has 1 saturated carbocycles. The predicted molar refractivity (Wildman–Crippen MR) is 127 cm³/mol. The minimum absolute atomic E-state index is 0.0670. The molecule has 2 heterocycles. The molecule has 1 unspecified atom stereocenters. The van der Waals surface area contributed by atoms with Crippen molar-refractivity contribution in [3.8, 4) is 0 Å². The SMILES string of the molecule is CC(C)C[C@H](NC(=O)C1CCCCCC1)C(=O)c1nnc(SCC2C(=O)N(C)C(C)(C)C2=O)o1. The lowest BCUT2D eigenvalue weighted by Crippen LogP contribution is -2.44. The maximum Gasteiger partial charge on any atom is 0.286 e. The summed E-state index contributed by atoms with van der Waals surface area (Å²) in [6.45, 7) is 7.42. The van der Waals surface area contributed by atoms with Gasteiger partial charge in [-0.1, -0.05) is 51.3 Å². The molecule has 1 aliphatic heterocycles.